The Balaban J connectivity index is 4.51. The van der Waals surface area contributed by atoms with Crippen molar-refractivity contribution < 1.29 is 19.1 Å². The van der Waals surface area contributed by atoms with Crippen LogP contribution in [0.15, 0.2) is 9.60 Å². The summed E-state index contributed by atoms with van der Waals surface area (Å²) in [4.78, 5) is 22.3. The fourth-order valence-corrected chi connectivity index (χ4v) is 3.52. The summed E-state index contributed by atoms with van der Waals surface area (Å²) in [6.45, 7) is 4.17. The minimum absolute atomic E-state index is 0.405. The Morgan fingerprint density at radius 3 is 2.27 bits per heavy atom. The Labute approximate surface area is 101 Å². The van der Waals surface area contributed by atoms with Gasteiger partial charge in [-0.25, -0.2) is 0 Å². The summed E-state index contributed by atoms with van der Waals surface area (Å²) in [7, 11) is 2.61. The Kier molecular flexibility index (Phi) is 7.49. The molecule has 85 valence electrons. The Hall–Kier alpha value is -0.502. The normalized spacial score (nSPS) is 11.4. The van der Waals surface area contributed by atoms with Crippen LogP contribution in [0.2, 0.25) is 4.37 Å². The molecule has 0 aliphatic heterocycles. The van der Waals surface area contributed by atoms with E-state index in [1.807, 2.05) is 0 Å². The second-order valence-corrected chi connectivity index (χ2v) is 6.60. The van der Waals surface area contributed by atoms with E-state index in [0.29, 0.717) is 9.44 Å². The monoisotopic (exact) mass is 321 g/mol. The quantitative estimate of drug-likeness (QED) is 0.430. The van der Waals surface area contributed by atoms with E-state index in [4.69, 9.17) is 0 Å². The molecular formula is C10H16O4Sb. The number of ether oxygens (including phenoxy) is 2. The summed E-state index contributed by atoms with van der Waals surface area (Å²) < 4.78 is 10.6. The van der Waals surface area contributed by atoms with Crippen molar-refractivity contribution in [3.8, 4) is 0 Å². The second-order valence-electron chi connectivity index (χ2n) is 3.28. The molecule has 0 atom stereocenters. The molecule has 0 saturated heterocycles. The number of carbonyl (C=O) groups excluding carboxylic acids is 2. The van der Waals surface area contributed by atoms with Crippen molar-refractivity contribution in [3.05, 3.63) is 9.60 Å². The van der Waals surface area contributed by atoms with E-state index in [2.05, 4.69) is 23.3 Å². The average molecular weight is 322 g/mol. The summed E-state index contributed by atoms with van der Waals surface area (Å²) >= 11 is -0.849. The molecule has 0 aromatic rings. The van der Waals surface area contributed by atoms with Gasteiger partial charge < -0.3 is 0 Å². The molecule has 0 bridgehead atoms. The molecule has 0 aliphatic rings. The van der Waals surface area contributed by atoms with Gasteiger partial charge in [-0.15, -0.1) is 0 Å². The van der Waals surface area contributed by atoms with Crippen LogP contribution in [0.5, 0.6) is 0 Å². The summed E-state index contributed by atoms with van der Waals surface area (Å²) in [5.41, 5.74) is 0. The fourth-order valence-electron chi connectivity index (χ4n) is 0.725. The SMILES string of the molecule is COC(=O)/C=[C](/[Sb][CH2]C(C)C)C(=O)OC. The predicted octanol–water partition coefficient (Wildman–Crippen LogP) is 0.995. The first-order chi connectivity index (χ1) is 7.01. The second kappa shape index (κ2) is 7.75. The van der Waals surface area contributed by atoms with E-state index in [-0.39, 0.29) is 0 Å². The molecule has 0 aromatic heterocycles. The zero-order valence-electron chi connectivity index (χ0n) is 9.44. The van der Waals surface area contributed by atoms with Gasteiger partial charge in [0.1, 0.15) is 0 Å². The average Bonchev–Trinajstić information content (AvgIpc) is 2.22. The van der Waals surface area contributed by atoms with Crippen molar-refractivity contribution >= 4 is 33.6 Å². The first-order valence-corrected chi connectivity index (χ1v) is 7.64. The topological polar surface area (TPSA) is 52.6 Å². The Morgan fingerprint density at radius 1 is 1.27 bits per heavy atom. The predicted molar refractivity (Wildman–Crippen MR) is 57.5 cm³/mol. The summed E-state index contributed by atoms with van der Waals surface area (Å²) in [6, 6.07) is 0. The first kappa shape index (κ1) is 14.5. The first-order valence-electron chi connectivity index (χ1n) is 4.56. The molecule has 0 aromatic carbocycles. The van der Waals surface area contributed by atoms with Crippen LogP contribution in [-0.4, -0.2) is 47.8 Å². The van der Waals surface area contributed by atoms with Crippen molar-refractivity contribution in [2.45, 2.75) is 18.2 Å². The van der Waals surface area contributed by atoms with Crippen LogP contribution in [0.3, 0.4) is 0 Å². The number of esters is 2. The molecule has 0 unspecified atom stereocenters. The number of methoxy groups -OCH3 is 2. The van der Waals surface area contributed by atoms with Crippen molar-refractivity contribution in [1.29, 1.82) is 0 Å². The van der Waals surface area contributed by atoms with E-state index in [9.17, 15) is 9.59 Å². The maximum absolute atomic E-state index is 11.3. The van der Waals surface area contributed by atoms with E-state index >= 15 is 0 Å². The summed E-state index contributed by atoms with van der Waals surface area (Å²) in [5, 5.41) is 0. The molecule has 1 radical (unpaired) electrons. The van der Waals surface area contributed by atoms with Crippen LogP contribution < -0.4 is 0 Å². The molecule has 0 rings (SSSR count). The molecule has 15 heavy (non-hydrogen) atoms. The van der Waals surface area contributed by atoms with Crippen LogP contribution in [0, 0.1) is 5.92 Å². The third-order valence-corrected chi connectivity index (χ3v) is 5.94. The zero-order valence-corrected chi connectivity index (χ0v) is 12.0. The molecule has 0 amide bonds. The number of hydrogen-bond donors (Lipinski definition) is 0. The van der Waals surface area contributed by atoms with Crippen LogP contribution in [0.25, 0.3) is 0 Å². The molecular weight excluding hydrogens is 306 g/mol. The van der Waals surface area contributed by atoms with Gasteiger partial charge in [0.15, 0.2) is 0 Å². The van der Waals surface area contributed by atoms with Crippen LogP contribution >= 0.6 is 0 Å². The molecule has 5 heteroatoms. The van der Waals surface area contributed by atoms with Crippen LogP contribution in [0.4, 0.5) is 0 Å². The van der Waals surface area contributed by atoms with E-state index in [0.717, 1.165) is 4.37 Å². The van der Waals surface area contributed by atoms with Gasteiger partial charge in [-0.1, -0.05) is 0 Å². The van der Waals surface area contributed by atoms with Crippen molar-refractivity contribution in [1.82, 2.24) is 0 Å². The zero-order chi connectivity index (χ0) is 11.8. The number of rotatable bonds is 5. The molecule has 4 nitrogen and oxygen atoms in total. The van der Waals surface area contributed by atoms with E-state index in [1.165, 1.54) is 20.3 Å². The van der Waals surface area contributed by atoms with Gasteiger partial charge in [0.25, 0.3) is 0 Å². The molecule has 0 heterocycles. The van der Waals surface area contributed by atoms with Crippen LogP contribution in [0.1, 0.15) is 13.8 Å². The molecule has 0 aliphatic carbocycles. The van der Waals surface area contributed by atoms with Crippen LogP contribution in [-0.2, 0) is 19.1 Å². The minimum atomic E-state index is -0.849. The van der Waals surface area contributed by atoms with E-state index < -0.39 is 33.6 Å². The Morgan fingerprint density at radius 2 is 1.87 bits per heavy atom. The third kappa shape index (κ3) is 6.56. The fraction of sp³-hybridized carbons (Fsp3) is 0.600. The standard InChI is InChI=1S/C6H7O4.C4H9.Sb/c1-9-5(7)3-4-6(8)10-2;1-4(2)3;/h3H,1-2H3;4H,1H2,2-3H3;. The van der Waals surface area contributed by atoms with Gasteiger partial charge in [-0.2, -0.15) is 0 Å². The summed E-state index contributed by atoms with van der Waals surface area (Å²) in [5.74, 6) is -0.361. The van der Waals surface area contributed by atoms with Crippen molar-refractivity contribution in [3.63, 3.8) is 0 Å². The molecule has 0 spiro atoms. The number of hydrogen-bond acceptors (Lipinski definition) is 4. The van der Waals surface area contributed by atoms with Gasteiger partial charge in [-0.05, 0) is 0 Å². The van der Waals surface area contributed by atoms with Crippen molar-refractivity contribution in [2.75, 3.05) is 14.2 Å². The van der Waals surface area contributed by atoms with Gasteiger partial charge in [0.05, 0.1) is 0 Å². The molecule has 0 fully saturated rings. The van der Waals surface area contributed by atoms with Gasteiger partial charge in [0.2, 0.25) is 0 Å². The Bertz CT molecular complexity index is 258. The molecule has 0 N–H and O–H groups in total. The van der Waals surface area contributed by atoms with E-state index in [1.54, 1.807) is 0 Å². The number of carbonyl (C=O) groups is 2. The third-order valence-electron chi connectivity index (χ3n) is 1.48. The molecule has 0 saturated carbocycles. The van der Waals surface area contributed by atoms with Crippen molar-refractivity contribution in [2.24, 2.45) is 5.92 Å². The van der Waals surface area contributed by atoms with Gasteiger partial charge in [-0.3, -0.25) is 0 Å². The van der Waals surface area contributed by atoms with Gasteiger partial charge >= 0.3 is 101 Å². The summed E-state index contributed by atoms with van der Waals surface area (Å²) in [6.07, 6.45) is 1.26. The van der Waals surface area contributed by atoms with Gasteiger partial charge in [0, 0.05) is 0 Å². The maximum atomic E-state index is 11.3.